The van der Waals surface area contributed by atoms with Gasteiger partial charge >= 0.3 is 0 Å². The minimum Gasteiger partial charge on any atom is -0.437 e. The van der Waals surface area contributed by atoms with E-state index in [9.17, 15) is 8.42 Å². The first-order valence-corrected chi connectivity index (χ1v) is 14.1. The Morgan fingerprint density at radius 1 is 1.08 bits per heavy atom. The molecule has 1 fully saturated rings. The molecule has 11 heteroatoms. The summed E-state index contributed by atoms with van der Waals surface area (Å²) in [6.07, 6.45) is 5.55. The molecule has 9 nitrogen and oxygen atoms in total. The van der Waals surface area contributed by atoms with Crippen LogP contribution in [0.1, 0.15) is 18.4 Å². The van der Waals surface area contributed by atoms with Gasteiger partial charge in [0, 0.05) is 35.8 Å². The molecule has 0 aliphatic carbocycles. The fraction of sp³-hybridized carbons (Fsp3) is 0.269. The molecule has 0 amide bonds. The van der Waals surface area contributed by atoms with E-state index in [1.807, 2.05) is 43.3 Å². The van der Waals surface area contributed by atoms with Gasteiger partial charge in [0.25, 0.3) is 0 Å². The Bertz CT molecular complexity index is 1530. The average Bonchev–Trinajstić information content (AvgIpc) is 2.91. The van der Waals surface area contributed by atoms with Gasteiger partial charge in [0.2, 0.25) is 21.9 Å². The van der Waals surface area contributed by atoms with Crippen LogP contribution in [0, 0.1) is 6.92 Å². The molecule has 0 bridgehead atoms. The fourth-order valence-electron chi connectivity index (χ4n) is 4.36. The summed E-state index contributed by atoms with van der Waals surface area (Å²) >= 11 is 5.60. The van der Waals surface area contributed by atoms with Crippen molar-refractivity contribution in [2.75, 3.05) is 28.3 Å². The highest BCUT2D eigenvalue weighted by Gasteiger charge is 2.18. The van der Waals surface area contributed by atoms with Gasteiger partial charge < -0.3 is 15.4 Å². The molecule has 37 heavy (non-hydrogen) atoms. The number of piperidine rings is 1. The first-order valence-electron chi connectivity index (χ1n) is 12.0. The number of benzene rings is 2. The van der Waals surface area contributed by atoms with Crippen molar-refractivity contribution in [3.63, 3.8) is 0 Å². The number of hydrogen-bond acceptors (Lipinski definition) is 8. The lowest BCUT2D eigenvalue weighted by Crippen LogP contribution is -2.38. The van der Waals surface area contributed by atoms with Crippen LogP contribution in [0.2, 0.25) is 0 Å². The van der Waals surface area contributed by atoms with Gasteiger partial charge in [-0.25, -0.2) is 23.4 Å². The number of alkyl halides is 1. The quantitative estimate of drug-likeness (QED) is 0.271. The largest absolute Gasteiger partial charge is 0.437 e. The summed E-state index contributed by atoms with van der Waals surface area (Å²) in [6, 6.07) is 14.9. The van der Waals surface area contributed by atoms with Crippen LogP contribution in [0.4, 0.5) is 11.6 Å². The van der Waals surface area contributed by atoms with Crippen LogP contribution in [0.5, 0.6) is 11.6 Å². The Labute approximate surface area is 220 Å². The van der Waals surface area contributed by atoms with Gasteiger partial charge in [-0.1, -0.05) is 24.3 Å². The molecule has 0 saturated carbocycles. The third kappa shape index (κ3) is 5.76. The van der Waals surface area contributed by atoms with Crippen molar-refractivity contribution in [3.05, 3.63) is 66.5 Å². The van der Waals surface area contributed by atoms with E-state index in [2.05, 4.69) is 25.3 Å². The van der Waals surface area contributed by atoms with Crippen molar-refractivity contribution < 1.29 is 13.2 Å². The smallest absolute Gasteiger partial charge is 0.246 e. The molecule has 192 valence electrons. The highest BCUT2D eigenvalue weighted by atomic mass is 35.5. The van der Waals surface area contributed by atoms with E-state index in [0.717, 1.165) is 36.9 Å². The molecule has 1 atom stereocenters. The van der Waals surface area contributed by atoms with Crippen molar-refractivity contribution in [3.8, 4) is 22.9 Å². The molecular formula is C26H27ClN6O3S. The lowest BCUT2D eigenvalue weighted by atomic mass is 10.0. The van der Waals surface area contributed by atoms with E-state index in [-0.39, 0.29) is 6.04 Å². The van der Waals surface area contributed by atoms with Gasteiger partial charge in [-0.3, -0.25) is 4.72 Å². The summed E-state index contributed by atoms with van der Waals surface area (Å²) in [5.74, 6) is 1.51. The number of pyridine rings is 1. The molecule has 3 heterocycles. The van der Waals surface area contributed by atoms with Crippen molar-refractivity contribution in [2.45, 2.75) is 25.8 Å². The van der Waals surface area contributed by atoms with Gasteiger partial charge in [-0.15, -0.1) is 11.6 Å². The second-order valence-corrected chi connectivity index (χ2v) is 11.2. The van der Waals surface area contributed by atoms with Crippen LogP contribution < -0.4 is 20.1 Å². The third-order valence-electron chi connectivity index (χ3n) is 6.15. The number of hydrogen-bond donors (Lipinski definition) is 3. The van der Waals surface area contributed by atoms with Crippen molar-refractivity contribution in [1.82, 2.24) is 20.3 Å². The molecule has 0 spiro atoms. The van der Waals surface area contributed by atoms with Gasteiger partial charge in [0.05, 0.1) is 16.9 Å². The second kappa shape index (κ2) is 10.9. The topological polar surface area (TPSA) is 118 Å². The summed E-state index contributed by atoms with van der Waals surface area (Å²) < 4.78 is 33.2. The van der Waals surface area contributed by atoms with Crippen LogP contribution >= 0.6 is 11.6 Å². The predicted octanol–water partition coefficient (Wildman–Crippen LogP) is 4.89. The van der Waals surface area contributed by atoms with Crippen LogP contribution in [0.25, 0.3) is 22.0 Å². The Hall–Kier alpha value is -3.47. The van der Waals surface area contributed by atoms with Crippen molar-refractivity contribution in [2.24, 2.45) is 0 Å². The van der Waals surface area contributed by atoms with Crippen LogP contribution in [0.15, 0.2) is 60.9 Å². The molecule has 2 aromatic heterocycles. The van der Waals surface area contributed by atoms with Crippen LogP contribution in [0.3, 0.4) is 0 Å². The molecular weight excluding hydrogens is 512 g/mol. The molecule has 1 unspecified atom stereocenters. The molecule has 2 aromatic carbocycles. The van der Waals surface area contributed by atoms with Gasteiger partial charge in [-0.05, 0) is 56.1 Å². The highest BCUT2D eigenvalue weighted by molar-refractivity contribution is 7.93. The number of ether oxygens (including phenoxy) is 1. The zero-order chi connectivity index (χ0) is 25.8. The van der Waals surface area contributed by atoms with E-state index in [1.165, 1.54) is 0 Å². The van der Waals surface area contributed by atoms with E-state index >= 15 is 0 Å². The molecule has 5 rings (SSSR count). The van der Waals surface area contributed by atoms with Gasteiger partial charge in [0.15, 0.2) is 0 Å². The minimum atomic E-state index is -3.67. The van der Waals surface area contributed by atoms with E-state index in [1.54, 1.807) is 24.5 Å². The van der Waals surface area contributed by atoms with Crippen molar-refractivity contribution >= 4 is 44.0 Å². The SMILES string of the molecule is Cc1ccc2c(NS(=O)(=O)CCl)cccc2c1Oc1ncccc1-c1ccnc(NC2CCCNC2)n1. The van der Waals surface area contributed by atoms with Gasteiger partial charge in [-0.2, -0.15) is 0 Å². The number of anilines is 2. The molecule has 0 radical (unpaired) electrons. The summed E-state index contributed by atoms with van der Waals surface area (Å²) in [5.41, 5.74) is 2.69. The maximum Gasteiger partial charge on any atom is 0.246 e. The standard InChI is InChI=1S/C26H27ClN6O3S/c1-17-9-10-19-20(6-2-8-23(19)33-37(34,35)16-27)24(17)36-25-21(7-4-13-29-25)22-11-14-30-26(32-22)31-18-5-3-12-28-15-18/h2,4,6-11,13-14,18,28,33H,3,5,12,15-16H2,1H3,(H,30,31,32). The first kappa shape index (κ1) is 25.2. The number of rotatable bonds is 8. The third-order valence-corrected chi connectivity index (χ3v) is 7.83. The lowest BCUT2D eigenvalue weighted by molar-refractivity contribution is 0.466. The maximum absolute atomic E-state index is 12.1. The predicted molar refractivity (Wildman–Crippen MR) is 147 cm³/mol. The number of nitrogens with zero attached hydrogens (tertiary/aromatic N) is 3. The Balaban J connectivity index is 1.50. The Morgan fingerprint density at radius 3 is 2.78 bits per heavy atom. The Kier molecular flexibility index (Phi) is 7.40. The number of aryl methyl sites for hydroxylation is 1. The van der Waals surface area contributed by atoms with Gasteiger partial charge in [0.1, 0.15) is 11.0 Å². The van der Waals surface area contributed by atoms with E-state index < -0.39 is 15.2 Å². The zero-order valence-corrected chi connectivity index (χ0v) is 21.8. The van der Waals surface area contributed by atoms with Crippen LogP contribution in [-0.2, 0) is 10.0 Å². The second-order valence-electron chi connectivity index (χ2n) is 8.85. The molecule has 4 aromatic rings. The minimum absolute atomic E-state index is 0.275. The number of halogens is 1. The van der Waals surface area contributed by atoms with E-state index in [0.29, 0.717) is 39.9 Å². The number of sulfonamides is 1. The summed E-state index contributed by atoms with van der Waals surface area (Å²) in [7, 11) is -3.67. The molecule has 1 aliphatic heterocycles. The Morgan fingerprint density at radius 2 is 1.97 bits per heavy atom. The monoisotopic (exact) mass is 538 g/mol. The summed E-state index contributed by atoms with van der Waals surface area (Å²) in [4.78, 5) is 13.6. The van der Waals surface area contributed by atoms with E-state index in [4.69, 9.17) is 21.3 Å². The number of aromatic nitrogens is 3. The number of nitrogens with one attached hydrogen (secondary N) is 3. The zero-order valence-electron chi connectivity index (χ0n) is 20.2. The first-order chi connectivity index (χ1) is 17.9. The number of fused-ring (bicyclic) bond motifs is 1. The maximum atomic E-state index is 12.1. The van der Waals surface area contributed by atoms with Crippen LogP contribution in [-0.4, -0.2) is 47.7 Å². The summed E-state index contributed by atoms with van der Waals surface area (Å²) in [6.45, 7) is 3.83. The van der Waals surface area contributed by atoms with Crippen molar-refractivity contribution in [1.29, 1.82) is 0 Å². The molecule has 1 saturated heterocycles. The summed E-state index contributed by atoms with van der Waals surface area (Å²) in [5, 5.41) is 7.68. The fourth-order valence-corrected chi connectivity index (χ4v) is 5.09. The lowest BCUT2D eigenvalue weighted by Gasteiger charge is -2.23. The molecule has 1 aliphatic rings. The molecule has 3 N–H and O–H groups in total. The normalized spacial score (nSPS) is 15.9. The average molecular weight is 539 g/mol. The highest BCUT2D eigenvalue weighted by Crippen LogP contribution is 2.38.